The lowest BCUT2D eigenvalue weighted by Gasteiger charge is -2.25. The number of aliphatic hydroxyl groups excluding tert-OH is 1. The van der Waals surface area contributed by atoms with Crippen molar-refractivity contribution in [2.45, 2.75) is 0 Å². The van der Waals surface area contributed by atoms with E-state index in [1.54, 1.807) is 19.5 Å². The number of nitrogens with two attached hydrogens (primary N) is 1. The third-order valence-electron chi connectivity index (χ3n) is 3.10. The topological polar surface area (TPSA) is 71.6 Å². The third kappa shape index (κ3) is 2.94. The van der Waals surface area contributed by atoms with Crippen LogP contribution in [0.4, 0.5) is 11.4 Å². The van der Waals surface area contributed by atoms with Gasteiger partial charge in [0.15, 0.2) is 0 Å². The Labute approximate surface area is 112 Å². The van der Waals surface area contributed by atoms with Gasteiger partial charge in [0.05, 0.1) is 13.2 Å². The number of benzene rings is 1. The number of nitrogen functional groups attached to an aromatic ring is 1. The van der Waals surface area contributed by atoms with Crippen LogP contribution in [0.2, 0.25) is 0 Å². The highest BCUT2D eigenvalue weighted by atomic mass is 16.5. The lowest BCUT2D eigenvalue weighted by molar-refractivity contribution is 0.203. The fraction of sp³-hybridized carbons (Fsp3) is 0.357. The molecule has 0 amide bonds. The van der Waals surface area contributed by atoms with Crippen molar-refractivity contribution in [1.82, 2.24) is 4.98 Å². The molecule has 2 rings (SSSR count). The number of rotatable bonds is 6. The van der Waals surface area contributed by atoms with Crippen LogP contribution in [0, 0.1) is 0 Å². The van der Waals surface area contributed by atoms with E-state index in [1.807, 2.05) is 18.2 Å². The molecule has 0 saturated carbocycles. The standard InChI is InChI=1S/C14H19N3O2/c1-19-9-7-17(6-8-18)14-3-2-13(15)12-10-16-5-4-11(12)14/h2-5,10,18H,6-9,15H2,1H3. The van der Waals surface area contributed by atoms with Gasteiger partial charge in [0.1, 0.15) is 0 Å². The molecule has 0 aliphatic heterocycles. The van der Waals surface area contributed by atoms with E-state index in [2.05, 4.69) is 9.88 Å². The molecule has 19 heavy (non-hydrogen) atoms. The molecule has 0 aliphatic carbocycles. The molecule has 1 aromatic heterocycles. The minimum Gasteiger partial charge on any atom is -0.398 e. The van der Waals surface area contributed by atoms with Gasteiger partial charge in [0, 0.05) is 54.7 Å². The van der Waals surface area contributed by atoms with E-state index < -0.39 is 0 Å². The van der Waals surface area contributed by atoms with Crippen LogP contribution in [0.15, 0.2) is 30.6 Å². The summed E-state index contributed by atoms with van der Waals surface area (Å²) in [5, 5.41) is 11.2. The quantitative estimate of drug-likeness (QED) is 0.766. The van der Waals surface area contributed by atoms with E-state index in [0.29, 0.717) is 18.8 Å². The van der Waals surface area contributed by atoms with Crippen molar-refractivity contribution in [2.24, 2.45) is 0 Å². The number of pyridine rings is 1. The summed E-state index contributed by atoms with van der Waals surface area (Å²) in [5.74, 6) is 0. The minimum atomic E-state index is 0.0979. The number of nitrogens with zero attached hydrogens (tertiary/aromatic N) is 2. The first-order valence-corrected chi connectivity index (χ1v) is 6.25. The Kier molecular flexibility index (Phi) is 4.54. The normalized spacial score (nSPS) is 10.8. The number of hydrogen-bond acceptors (Lipinski definition) is 5. The van der Waals surface area contributed by atoms with Gasteiger partial charge in [-0.05, 0) is 18.2 Å². The van der Waals surface area contributed by atoms with E-state index in [1.165, 1.54) is 0 Å². The second kappa shape index (κ2) is 6.36. The maximum absolute atomic E-state index is 9.20. The number of anilines is 2. The Morgan fingerprint density at radius 2 is 2.11 bits per heavy atom. The molecule has 3 N–H and O–H groups in total. The van der Waals surface area contributed by atoms with E-state index in [0.717, 1.165) is 23.0 Å². The summed E-state index contributed by atoms with van der Waals surface area (Å²) < 4.78 is 5.12. The maximum atomic E-state index is 9.20. The molecule has 102 valence electrons. The summed E-state index contributed by atoms with van der Waals surface area (Å²) in [7, 11) is 1.67. The van der Waals surface area contributed by atoms with Crippen LogP contribution >= 0.6 is 0 Å². The van der Waals surface area contributed by atoms with Gasteiger partial charge in [0.25, 0.3) is 0 Å². The Morgan fingerprint density at radius 1 is 1.26 bits per heavy atom. The average molecular weight is 261 g/mol. The molecule has 5 nitrogen and oxygen atoms in total. The first-order chi connectivity index (χ1) is 9.27. The summed E-state index contributed by atoms with van der Waals surface area (Å²) in [5.41, 5.74) is 7.72. The molecule has 0 bridgehead atoms. The molecular weight excluding hydrogens is 242 g/mol. The number of aliphatic hydroxyl groups is 1. The second-order valence-corrected chi connectivity index (χ2v) is 4.30. The van der Waals surface area contributed by atoms with Gasteiger partial charge in [-0.3, -0.25) is 4.98 Å². The van der Waals surface area contributed by atoms with Crippen molar-refractivity contribution >= 4 is 22.1 Å². The third-order valence-corrected chi connectivity index (χ3v) is 3.10. The first-order valence-electron chi connectivity index (χ1n) is 6.25. The van der Waals surface area contributed by atoms with Crippen molar-refractivity contribution in [2.75, 3.05) is 44.0 Å². The van der Waals surface area contributed by atoms with Crippen molar-refractivity contribution in [1.29, 1.82) is 0 Å². The van der Waals surface area contributed by atoms with E-state index in [-0.39, 0.29) is 6.61 Å². The Bertz CT molecular complexity index is 545. The van der Waals surface area contributed by atoms with Crippen LogP contribution < -0.4 is 10.6 Å². The number of methoxy groups -OCH3 is 1. The molecule has 2 aromatic rings. The molecular formula is C14H19N3O2. The summed E-state index contributed by atoms with van der Waals surface area (Å²) in [6.45, 7) is 1.99. The lowest BCUT2D eigenvalue weighted by Crippen LogP contribution is -2.30. The van der Waals surface area contributed by atoms with Crippen molar-refractivity contribution < 1.29 is 9.84 Å². The molecule has 5 heteroatoms. The largest absolute Gasteiger partial charge is 0.398 e. The number of fused-ring (bicyclic) bond motifs is 1. The SMILES string of the molecule is COCCN(CCO)c1ccc(N)c2cnccc12. The van der Waals surface area contributed by atoms with Gasteiger partial charge in [-0.1, -0.05) is 0 Å². The predicted molar refractivity (Wildman–Crippen MR) is 77.3 cm³/mol. The summed E-state index contributed by atoms with van der Waals surface area (Å²) >= 11 is 0. The fourth-order valence-corrected chi connectivity index (χ4v) is 2.15. The van der Waals surface area contributed by atoms with Gasteiger partial charge >= 0.3 is 0 Å². The van der Waals surface area contributed by atoms with E-state index >= 15 is 0 Å². The van der Waals surface area contributed by atoms with Crippen molar-refractivity contribution in [3.63, 3.8) is 0 Å². The van der Waals surface area contributed by atoms with Gasteiger partial charge < -0.3 is 20.5 Å². The zero-order valence-corrected chi connectivity index (χ0v) is 11.0. The molecule has 0 saturated heterocycles. The smallest absolute Gasteiger partial charge is 0.0637 e. The molecule has 1 heterocycles. The monoisotopic (exact) mass is 261 g/mol. The molecule has 0 aliphatic rings. The zero-order chi connectivity index (χ0) is 13.7. The molecule has 0 unspecified atom stereocenters. The van der Waals surface area contributed by atoms with Gasteiger partial charge in [-0.25, -0.2) is 0 Å². The van der Waals surface area contributed by atoms with Crippen LogP contribution in [0.5, 0.6) is 0 Å². The van der Waals surface area contributed by atoms with E-state index in [9.17, 15) is 5.11 Å². The average Bonchev–Trinajstić information content (AvgIpc) is 2.45. The van der Waals surface area contributed by atoms with Crippen LogP contribution in [-0.4, -0.2) is 43.5 Å². The highest BCUT2D eigenvalue weighted by molar-refractivity contribution is 6.00. The molecule has 1 aromatic carbocycles. The highest BCUT2D eigenvalue weighted by Gasteiger charge is 2.11. The summed E-state index contributed by atoms with van der Waals surface area (Å²) in [4.78, 5) is 6.20. The van der Waals surface area contributed by atoms with Gasteiger partial charge in [-0.2, -0.15) is 0 Å². The number of ether oxygens (including phenoxy) is 1. The Morgan fingerprint density at radius 3 is 2.84 bits per heavy atom. The molecule has 0 spiro atoms. The molecule has 0 fully saturated rings. The van der Waals surface area contributed by atoms with Crippen LogP contribution in [0.3, 0.4) is 0 Å². The second-order valence-electron chi connectivity index (χ2n) is 4.30. The zero-order valence-electron chi connectivity index (χ0n) is 11.0. The molecule has 0 radical (unpaired) electrons. The highest BCUT2D eigenvalue weighted by Crippen LogP contribution is 2.30. The van der Waals surface area contributed by atoms with Crippen LogP contribution in [-0.2, 0) is 4.74 Å². The number of aromatic nitrogens is 1. The van der Waals surface area contributed by atoms with Crippen LogP contribution in [0.1, 0.15) is 0 Å². The molecule has 0 atom stereocenters. The summed E-state index contributed by atoms with van der Waals surface area (Å²) in [6.07, 6.45) is 3.51. The van der Waals surface area contributed by atoms with Gasteiger partial charge in [-0.15, -0.1) is 0 Å². The predicted octanol–water partition coefficient (Wildman–Crippen LogP) is 1.26. The minimum absolute atomic E-state index is 0.0979. The van der Waals surface area contributed by atoms with Crippen molar-refractivity contribution in [3.8, 4) is 0 Å². The Balaban J connectivity index is 2.44. The van der Waals surface area contributed by atoms with Crippen molar-refractivity contribution in [3.05, 3.63) is 30.6 Å². The number of hydrogen-bond donors (Lipinski definition) is 2. The van der Waals surface area contributed by atoms with Crippen LogP contribution in [0.25, 0.3) is 10.8 Å². The van der Waals surface area contributed by atoms with Gasteiger partial charge in [0.2, 0.25) is 0 Å². The summed E-state index contributed by atoms with van der Waals surface area (Å²) in [6, 6.07) is 5.79. The fourth-order valence-electron chi connectivity index (χ4n) is 2.15. The first kappa shape index (κ1) is 13.6. The lowest BCUT2D eigenvalue weighted by atomic mass is 10.1. The Hall–Kier alpha value is -1.85. The van der Waals surface area contributed by atoms with E-state index in [4.69, 9.17) is 10.5 Å². The maximum Gasteiger partial charge on any atom is 0.0637 e.